The Morgan fingerprint density at radius 3 is 2.89 bits per heavy atom. The van der Waals surface area contributed by atoms with Gasteiger partial charge >= 0.3 is 5.97 Å². The molecule has 1 aliphatic heterocycles. The van der Waals surface area contributed by atoms with Crippen molar-refractivity contribution in [3.63, 3.8) is 0 Å². The van der Waals surface area contributed by atoms with Gasteiger partial charge in [0.1, 0.15) is 5.82 Å². The molecule has 4 heteroatoms. The quantitative estimate of drug-likeness (QED) is 0.897. The maximum atomic E-state index is 13.6. The van der Waals surface area contributed by atoms with Crippen molar-refractivity contribution in [2.24, 2.45) is 5.41 Å². The van der Waals surface area contributed by atoms with Crippen molar-refractivity contribution in [1.29, 1.82) is 0 Å². The van der Waals surface area contributed by atoms with E-state index in [-0.39, 0.29) is 5.82 Å². The number of nitrogens with zero attached hydrogens (tertiary/aromatic N) is 1. The van der Waals surface area contributed by atoms with Crippen LogP contribution in [0.2, 0.25) is 0 Å². The lowest BCUT2D eigenvalue weighted by atomic mass is 9.82. The maximum Gasteiger partial charge on any atom is 0.310 e. The van der Waals surface area contributed by atoms with E-state index in [0.717, 1.165) is 13.0 Å². The molecule has 1 N–H and O–H groups in total. The first kappa shape index (κ1) is 13.0. The minimum atomic E-state index is -0.763. The molecule has 1 saturated heterocycles. The third-order valence-corrected chi connectivity index (χ3v) is 3.64. The minimum Gasteiger partial charge on any atom is -0.481 e. The Morgan fingerprint density at radius 2 is 2.22 bits per heavy atom. The van der Waals surface area contributed by atoms with Gasteiger partial charge in [-0.2, -0.15) is 0 Å². The second kappa shape index (κ2) is 5.06. The van der Waals surface area contributed by atoms with Gasteiger partial charge in [-0.15, -0.1) is 0 Å². The third kappa shape index (κ3) is 2.70. The molecule has 1 fully saturated rings. The first-order valence-electron chi connectivity index (χ1n) is 6.20. The molecular formula is C14H18FNO2. The zero-order valence-corrected chi connectivity index (χ0v) is 10.5. The second-order valence-electron chi connectivity index (χ2n) is 5.27. The SMILES string of the molecule is CC1(C(=O)O)CCCN(Cc2ccccc2F)C1. The molecule has 18 heavy (non-hydrogen) atoms. The predicted octanol–water partition coefficient (Wildman–Crippen LogP) is 2.51. The number of rotatable bonds is 3. The van der Waals surface area contributed by atoms with Gasteiger partial charge in [0.05, 0.1) is 5.41 Å². The van der Waals surface area contributed by atoms with Crippen molar-refractivity contribution < 1.29 is 14.3 Å². The number of likely N-dealkylation sites (tertiary alicyclic amines) is 1. The maximum absolute atomic E-state index is 13.6. The highest BCUT2D eigenvalue weighted by molar-refractivity contribution is 5.74. The van der Waals surface area contributed by atoms with E-state index in [9.17, 15) is 14.3 Å². The highest BCUT2D eigenvalue weighted by Gasteiger charge is 2.37. The molecule has 0 aliphatic carbocycles. The van der Waals surface area contributed by atoms with E-state index < -0.39 is 11.4 Å². The molecule has 3 nitrogen and oxygen atoms in total. The molecule has 0 radical (unpaired) electrons. The van der Waals surface area contributed by atoms with Gasteiger partial charge in [0, 0.05) is 18.7 Å². The molecule has 2 rings (SSSR count). The summed E-state index contributed by atoms with van der Waals surface area (Å²) >= 11 is 0. The number of hydrogen-bond acceptors (Lipinski definition) is 2. The summed E-state index contributed by atoms with van der Waals surface area (Å²) in [4.78, 5) is 13.3. The molecule has 0 amide bonds. The minimum absolute atomic E-state index is 0.222. The monoisotopic (exact) mass is 251 g/mol. The summed E-state index contributed by atoms with van der Waals surface area (Å²) in [6.07, 6.45) is 1.54. The van der Waals surface area contributed by atoms with Crippen LogP contribution in [0.25, 0.3) is 0 Å². The molecule has 1 aromatic rings. The highest BCUT2D eigenvalue weighted by Crippen LogP contribution is 2.30. The summed E-state index contributed by atoms with van der Waals surface area (Å²) in [6.45, 7) is 3.56. The summed E-state index contributed by atoms with van der Waals surface area (Å²) in [7, 11) is 0. The summed E-state index contributed by atoms with van der Waals surface area (Å²) in [6, 6.07) is 6.66. The molecule has 0 spiro atoms. The van der Waals surface area contributed by atoms with Gasteiger partial charge in [0.15, 0.2) is 0 Å². The van der Waals surface area contributed by atoms with Crippen LogP contribution in [0, 0.1) is 11.2 Å². The Bertz CT molecular complexity index is 449. The predicted molar refractivity (Wildman–Crippen MR) is 66.7 cm³/mol. The third-order valence-electron chi connectivity index (χ3n) is 3.64. The summed E-state index contributed by atoms with van der Waals surface area (Å²) < 4.78 is 13.6. The van der Waals surface area contributed by atoms with Crippen LogP contribution < -0.4 is 0 Å². The summed E-state index contributed by atoms with van der Waals surface area (Å²) in [5.41, 5.74) is -0.0732. The van der Waals surface area contributed by atoms with E-state index in [2.05, 4.69) is 0 Å². The van der Waals surface area contributed by atoms with Gasteiger partial charge in [0.2, 0.25) is 0 Å². The van der Waals surface area contributed by atoms with Crippen molar-refractivity contribution in [2.75, 3.05) is 13.1 Å². The first-order chi connectivity index (χ1) is 8.51. The lowest BCUT2D eigenvalue weighted by Gasteiger charge is -2.37. The normalized spacial score (nSPS) is 25.0. The van der Waals surface area contributed by atoms with E-state index in [1.165, 1.54) is 6.07 Å². The van der Waals surface area contributed by atoms with Crippen molar-refractivity contribution in [1.82, 2.24) is 4.90 Å². The van der Waals surface area contributed by atoms with Crippen molar-refractivity contribution in [3.8, 4) is 0 Å². The largest absolute Gasteiger partial charge is 0.481 e. The second-order valence-corrected chi connectivity index (χ2v) is 5.27. The molecule has 1 aliphatic rings. The Balaban J connectivity index is 2.07. The topological polar surface area (TPSA) is 40.5 Å². The fourth-order valence-electron chi connectivity index (χ4n) is 2.52. The van der Waals surface area contributed by atoms with Crippen molar-refractivity contribution in [3.05, 3.63) is 35.6 Å². The van der Waals surface area contributed by atoms with Crippen molar-refractivity contribution >= 4 is 5.97 Å². The molecule has 1 aromatic carbocycles. The summed E-state index contributed by atoms with van der Waals surface area (Å²) in [5, 5.41) is 9.24. The van der Waals surface area contributed by atoms with E-state index in [4.69, 9.17) is 0 Å². The fraction of sp³-hybridized carbons (Fsp3) is 0.500. The first-order valence-corrected chi connectivity index (χ1v) is 6.20. The van der Waals surface area contributed by atoms with Crippen LogP contribution in [0.1, 0.15) is 25.3 Å². The molecule has 0 bridgehead atoms. The Labute approximate surface area is 106 Å². The van der Waals surface area contributed by atoms with Crippen LogP contribution in [-0.4, -0.2) is 29.1 Å². The van der Waals surface area contributed by atoms with E-state index in [0.29, 0.717) is 25.1 Å². The lowest BCUT2D eigenvalue weighted by Crippen LogP contribution is -2.45. The number of piperidine rings is 1. The fourth-order valence-corrected chi connectivity index (χ4v) is 2.52. The Hall–Kier alpha value is -1.42. The van der Waals surface area contributed by atoms with Gasteiger partial charge in [-0.25, -0.2) is 4.39 Å². The van der Waals surface area contributed by atoms with Crippen LogP contribution in [0.5, 0.6) is 0 Å². The highest BCUT2D eigenvalue weighted by atomic mass is 19.1. The van der Waals surface area contributed by atoms with Crippen molar-refractivity contribution in [2.45, 2.75) is 26.3 Å². The molecular weight excluding hydrogens is 233 g/mol. The Kier molecular flexibility index (Phi) is 3.66. The van der Waals surface area contributed by atoms with Crippen LogP contribution in [0.4, 0.5) is 4.39 Å². The van der Waals surface area contributed by atoms with Gasteiger partial charge in [-0.3, -0.25) is 9.69 Å². The zero-order valence-electron chi connectivity index (χ0n) is 10.5. The molecule has 0 saturated carbocycles. The van der Waals surface area contributed by atoms with Crippen LogP contribution in [0.15, 0.2) is 24.3 Å². The van der Waals surface area contributed by atoms with E-state index in [1.54, 1.807) is 25.1 Å². The molecule has 1 atom stereocenters. The van der Waals surface area contributed by atoms with Gasteiger partial charge in [0.25, 0.3) is 0 Å². The number of aliphatic carboxylic acids is 1. The summed E-state index contributed by atoms with van der Waals surface area (Å²) in [5.74, 6) is -0.985. The number of carboxylic acid groups (broad SMARTS) is 1. The molecule has 0 aromatic heterocycles. The van der Waals surface area contributed by atoms with Gasteiger partial charge in [-0.05, 0) is 32.4 Å². The van der Waals surface area contributed by atoms with Crippen LogP contribution >= 0.6 is 0 Å². The van der Waals surface area contributed by atoms with Crippen LogP contribution in [-0.2, 0) is 11.3 Å². The number of carboxylic acids is 1. The zero-order chi connectivity index (χ0) is 13.2. The van der Waals surface area contributed by atoms with Crippen LogP contribution in [0.3, 0.4) is 0 Å². The Morgan fingerprint density at radius 1 is 1.50 bits per heavy atom. The number of halogens is 1. The molecule has 1 unspecified atom stereocenters. The number of hydrogen-bond donors (Lipinski definition) is 1. The average Bonchev–Trinajstić information content (AvgIpc) is 2.32. The van der Waals surface area contributed by atoms with Gasteiger partial charge < -0.3 is 5.11 Å². The smallest absolute Gasteiger partial charge is 0.310 e. The standard InChI is InChI=1S/C14H18FNO2/c1-14(13(17)18)7-4-8-16(10-14)9-11-5-2-3-6-12(11)15/h2-3,5-6H,4,7-10H2,1H3,(H,17,18). The van der Waals surface area contributed by atoms with E-state index >= 15 is 0 Å². The molecule has 98 valence electrons. The van der Waals surface area contributed by atoms with E-state index in [1.807, 2.05) is 4.90 Å². The lowest BCUT2D eigenvalue weighted by molar-refractivity contribution is -0.151. The number of benzene rings is 1. The molecule has 1 heterocycles. The van der Waals surface area contributed by atoms with Gasteiger partial charge in [-0.1, -0.05) is 18.2 Å². The number of carbonyl (C=O) groups is 1. The average molecular weight is 251 g/mol.